The molecule has 0 amide bonds. The van der Waals surface area contributed by atoms with E-state index in [9.17, 15) is 4.79 Å². The van der Waals surface area contributed by atoms with Crippen molar-refractivity contribution in [2.24, 2.45) is 0 Å². The lowest BCUT2D eigenvalue weighted by Gasteiger charge is -2.01. The summed E-state index contributed by atoms with van der Waals surface area (Å²) in [6.07, 6.45) is 0.521. The number of ether oxygens (including phenoxy) is 1. The molecule has 0 bridgehead atoms. The van der Waals surface area contributed by atoms with E-state index in [-0.39, 0.29) is 5.78 Å². The molecule has 0 radical (unpaired) electrons. The number of carbonyl (C=O) groups is 1. The molecule has 1 aromatic carbocycles. The minimum atomic E-state index is 0.194. The van der Waals surface area contributed by atoms with Gasteiger partial charge in [0, 0.05) is 13.5 Å². The van der Waals surface area contributed by atoms with Gasteiger partial charge in [0.1, 0.15) is 5.78 Å². The number of ketones is 1. The van der Waals surface area contributed by atoms with Crippen LogP contribution in [0.1, 0.15) is 18.1 Å². The molecule has 13 heavy (non-hydrogen) atoms. The van der Waals surface area contributed by atoms with Crippen LogP contribution in [-0.2, 0) is 22.6 Å². The summed E-state index contributed by atoms with van der Waals surface area (Å²) in [6, 6.07) is 7.91. The Kier molecular flexibility index (Phi) is 3.65. The van der Waals surface area contributed by atoms with Gasteiger partial charge in [-0.1, -0.05) is 24.3 Å². The second kappa shape index (κ2) is 4.77. The van der Waals surface area contributed by atoms with Gasteiger partial charge in [0.05, 0.1) is 6.61 Å². The smallest absolute Gasteiger partial charge is 0.134 e. The molecule has 0 unspecified atom stereocenters. The number of hydrogen-bond acceptors (Lipinski definition) is 2. The number of rotatable bonds is 4. The Hall–Kier alpha value is -1.15. The quantitative estimate of drug-likeness (QED) is 0.704. The van der Waals surface area contributed by atoms with E-state index in [2.05, 4.69) is 0 Å². The van der Waals surface area contributed by atoms with Crippen molar-refractivity contribution in [3.63, 3.8) is 0 Å². The van der Waals surface area contributed by atoms with Gasteiger partial charge in [0.15, 0.2) is 0 Å². The fourth-order valence-electron chi connectivity index (χ4n) is 1.21. The molecule has 1 rings (SSSR count). The molecular weight excluding hydrogens is 164 g/mol. The van der Waals surface area contributed by atoms with E-state index in [1.54, 1.807) is 14.0 Å². The van der Waals surface area contributed by atoms with Gasteiger partial charge in [0.25, 0.3) is 0 Å². The van der Waals surface area contributed by atoms with Gasteiger partial charge >= 0.3 is 0 Å². The topological polar surface area (TPSA) is 26.3 Å². The van der Waals surface area contributed by atoms with Gasteiger partial charge < -0.3 is 4.74 Å². The Morgan fingerprint density at radius 1 is 1.23 bits per heavy atom. The lowest BCUT2D eigenvalue weighted by Crippen LogP contribution is -1.96. The lowest BCUT2D eigenvalue weighted by atomic mass is 10.1. The average molecular weight is 178 g/mol. The van der Waals surface area contributed by atoms with Crippen molar-refractivity contribution in [3.8, 4) is 0 Å². The number of Topliss-reactive ketones (excluding diaryl/α,β-unsaturated/α-hetero) is 1. The highest BCUT2D eigenvalue weighted by atomic mass is 16.5. The molecule has 0 fully saturated rings. The van der Waals surface area contributed by atoms with Crippen LogP contribution < -0.4 is 0 Å². The summed E-state index contributed by atoms with van der Waals surface area (Å²) in [7, 11) is 1.67. The first-order chi connectivity index (χ1) is 6.22. The number of carbonyl (C=O) groups excluding carboxylic acids is 1. The molecule has 0 spiro atoms. The molecule has 70 valence electrons. The normalized spacial score (nSPS) is 10.0. The Labute approximate surface area is 78.5 Å². The van der Waals surface area contributed by atoms with Crippen LogP contribution in [0.4, 0.5) is 0 Å². The summed E-state index contributed by atoms with van der Waals surface area (Å²) < 4.78 is 4.98. The third-order valence-corrected chi connectivity index (χ3v) is 1.79. The van der Waals surface area contributed by atoms with Crippen molar-refractivity contribution in [2.75, 3.05) is 7.11 Å². The minimum Gasteiger partial charge on any atom is -0.380 e. The molecule has 2 nitrogen and oxygen atoms in total. The Morgan fingerprint density at radius 2 is 1.77 bits per heavy atom. The van der Waals surface area contributed by atoms with E-state index in [1.165, 1.54) is 0 Å². The largest absolute Gasteiger partial charge is 0.380 e. The summed E-state index contributed by atoms with van der Waals surface area (Å²) >= 11 is 0. The zero-order valence-electron chi connectivity index (χ0n) is 8.04. The van der Waals surface area contributed by atoms with Gasteiger partial charge in [-0.2, -0.15) is 0 Å². The van der Waals surface area contributed by atoms with Crippen LogP contribution in [0.5, 0.6) is 0 Å². The molecule has 0 aliphatic carbocycles. The summed E-state index contributed by atoms with van der Waals surface area (Å²) in [6.45, 7) is 2.23. The first kappa shape index (κ1) is 9.93. The monoisotopic (exact) mass is 178 g/mol. The number of hydrogen-bond donors (Lipinski definition) is 0. The Bertz CT molecular complexity index is 275. The molecular formula is C11H14O2. The minimum absolute atomic E-state index is 0.194. The van der Waals surface area contributed by atoms with Gasteiger partial charge in [-0.25, -0.2) is 0 Å². The molecule has 0 aliphatic heterocycles. The molecule has 0 atom stereocenters. The van der Waals surface area contributed by atoms with E-state index in [4.69, 9.17) is 4.74 Å². The first-order valence-electron chi connectivity index (χ1n) is 4.28. The molecule has 0 aromatic heterocycles. The van der Waals surface area contributed by atoms with Crippen molar-refractivity contribution in [1.82, 2.24) is 0 Å². The van der Waals surface area contributed by atoms with Crippen LogP contribution in [-0.4, -0.2) is 12.9 Å². The molecule has 1 aromatic rings. The third kappa shape index (κ3) is 3.38. The fraction of sp³-hybridized carbons (Fsp3) is 0.364. The van der Waals surface area contributed by atoms with E-state index < -0.39 is 0 Å². The van der Waals surface area contributed by atoms with Gasteiger partial charge in [-0.05, 0) is 18.1 Å². The van der Waals surface area contributed by atoms with Gasteiger partial charge in [-0.15, -0.1) is 0 Å². The Balaban J connectivity index is 2.64. The van der Waals surface area contributed by atoms with E-state index in [0.29, 0.717) is 13.0 Å². The lowest BCUT2D eigenvalue weighted by molar-refractivity contribution is -0.116. The maximum absolute atomic E-state index is 10.8. The zero-order valence-corrected chi connectivity index (χ0v) is 8.04. The average Bonchev–Trinajstić information content (AvgIpc) is 2.08. The van der Waals surface area contributed by atoms with Crippen LogP contribution in [0.25, 0.3) is 0 Å². The van der Waals surface area contributed by atoms with Crippen molar-refractivity contribution >= 4 is 5.78 Å². The maximum atomic E-state index is 10.8. The number of benzene rings is 1. The van der Waals surface area contributed by atoms with Crippen molar-refractivity contribution in [1.29, 1.82) is 0 Å². The van der Waals surface area contributed by atoms with E-state index in [0.717, 1.165) is 11.1 Å². The molecule has 0 heterocycles. The van der Waals surface area contributed by atoms with Crippen molar-refractivity contribution in [2.45, 2.75) is 20.0 Å². The van der Waals surface area contributed by atoms with Crippen LogP contribution >= 0.6 is 0 Å². The predicted molar refractivity (Wildman–Crippen MR) is 51.5 cm³/mol. The van der Waals surface area contributed by atoms with E-state index in [1.807, 2.05) is 24.3 Å². The standard InChI is InChI=1S/C11H14O2/c1-9(12)7-10-3-5-11(6-4-10)8-13-2/h3-6H,7-8H2,1-2H3. The highest BCUT2D eigenvalue weighted by molar-refractivity contribution is 5.78. The SMILES string of the molecule is COCc1ccc(CC(C)=O)cc1. The Morgan fingerprint density at radius 3 is 2.23 bits per heavy atom. The maximum Gasteiger partial charge on any atom is 0.134 e. The highest BCUT2D eigenvalue weighted by Gasteiger charge is 1.97. The molecule has 0 saturated carbocycles. The first-order valence-corrected chi connectivity index (χ1v) is 4.28. The second-order valence-corrected chi connectivity index (χ2v) is 3.13. The van der Waals surface area contributed by atoms with Crippen LogP contribution in [0.3, 0.4) is 0 Å². The van der Waals surface area contributed by atoms with Crippen molar-refractivity contribution < 1.29 is 9.53 Å². The molecule has 0 N–H and O–H groups in total. The van der Waals surface area contributed by atoms with Crippen LogP contribution in [0.15, 0.2) is 24.3 Å². The fourth-order valence-corrected chi connectivity index (χ4v) is 1.21. The molecule has 0 aliphatic rings. The molecule has 0 saturated heterocycles. The van der Waals surface area contributed by atoms with Gasteiger partial charge in [-0.3, -0.25) is 4.79 Å². The van der Waals surface area contributed by atoms with Gasteiger partial charge in [0.2, 0.25) is 0 Å². The predicted octanol–water partition coefficient (Wildman–Crippen LogP) is 1.96. The zero-order chi connectivity index (χ0) is 9.68. The summed E-state index contributed by atoms with van der Waals surface area (Å²) in [5.41, 5.74) is 2.20. The van der Waals surface area contributed by atoms with Crippen molar-refractivity contribution in [3.05, 3.63) is 35.4 Å². The summed E-state index contributed by atoms with van der Waals surface area (Å²) in [5.74, 6) is 0.194. The summed E-state index contributed by atoms with van der Waals surface area (Å²) in [4.78, 5) is 10.8. The van der Waals surface area contributed by atoms with Crippen LogP contribution in [0.2, 0.25) is 0 Å². The molecule has 2 heteroatoms. The highest BCUT2D eigenvalue weighted by Crippen LogP contribution is 2.06. The second-order valence-electron chi connectivity index (χ2n) is 3.13. The third-order valence-electron chi connectivity index (χ3n) is 1.79. The van der Waals surface area contributed by atoms with E-state index >= 15 is 0 Å². The van der Waals surface area contributed by atoms with Crippen LogP contribution in [0, 0.1) is 0 Å². The summed E-state index contributed by atoms with van der Waals surface area (Å²) in [5, 5.41) is 0. The number of methoxy groups -OCH3 is 1.